The van der Waals surface area contributed by atoms with Crippen LogP contribution >= 0.6 is 0 Å². The van der Waals surface area contributed by atoms with E-state index in [9.17, 15) is 4.39 Å². The van der Waals surface area contributed by atoms with Gasteiger partial charge in [0.1, 0.15) is 5.82 Å². The molecular weight excluding hydrogens is 257 g/mol. The van der Waals surface area contributed by atoms with E-state index >= 15 is 0 Å². The molecule has 5 heteroatoms. The summed E-state index contributed by atoms with van der Waals surface area (Å²) >= 11 is 0. The number of nitrogens with one attached hydrogen (secondary N) is 1. The molecule has 1 saturated heterocycles. The van der Waals surface area contributed by atoms with Crippen LogP contribution in [0.15, 0.2) is 36.7 Å². The first-order valence-electron chi connectivity index (χ1n) is 6.73. The average molecular weight is 273 g/mol. The highest BCUT2D eigenvalue weighted by Gasteiger charge is 2.14. The average Bonchev–Trinajstić information content (AvgIpc) is 2.49. The summed E-state index contributed by atoms with van der Waals surface area (Å²) in [4.78, 5) is 7.89. The maximum Gasteiger partial charge on any atom is 0.213 e. The van der Waals surface area contributed by atoms with Crippen LogP contribution in [0.5, 0.6) is 0 Å². The summed E-state index contributed by atoms with van der Waals surface area (Å²) in [6.07, 6.45) is 5.16. The van der Waals surface area contributed by atoms with Gasteiger partial charge in [0.2, 0.25) is 5.95 Å². The Labute approximate surface area is 117 Å². The van der Waals surface area contributed by atoms with Gasteiger partial charge < -0.3 is 10.1 Å². The smallest absolute Gasteiger partial charge is 0.213 e. The Bertz CT molecular complexity index is 585. The quantitative estimate of drug-likeness (QED) is 0.874. The van der Waals surface area contributed by atoms with Gasteiger partial charge in [0.05, 0.1) is 0 Å². The second kappa shape index (κ2) is 5.96. The van der Waals surface area contributed by atoms with E-state index in [1.807, 2.05) is 12.1 Å². The molecule has 3 heterocycles. The number of pyridine rings is 2. The number of rotatable bonds is 3. The van der Waals surface area contributed by atoms with Crippen LogP contribution < -0.4 is 5.32 Å². The molecule has 1 aliphatic heterocycles. The van der Waals surface area contributed by atoms with Crippen molar-refractivity contribution in [1.29, 1.82) is 0 Å². The summed E-state index contributed by atoms with van der Waals surface area (Å²) in [6, 6.07) is 7.40. The van der Waals surface area contributed by atoms with Crippen molar-refractivity contribution in [2.75, 3.05) is 18.5 Å². The lowest BCUT2D eigenvalue weighted by Crippen LogP contribution is -2.28. The molecule has 0 amide bonds. The zero-order valence-electron chi connectivity index (χ0n) is 11.1. The third-order valence-electron chi connectivity index (χ3n) is 3.39. The molecule has 0 bridgehead atoms. The van der Waals surface area contributed by atoms with E-state index in [-0.39, 0.29) is 0 Å². The summed E-state index contributed by atoms with van der Waals surface area (Å²) in [6.45, 7) is 1.57. The van der Waals surface area contributed by atoms with E-state index in [4.69, 9.17) is 4.74 Å². The molecule has 2 aromatic heterocycles. The second-order valence-corrected chi connectivity index (χ2v) is 4.83. The van der Waals surface area contributed by atoms with Crippen LogP contribution in [0.4, 0.5) is 10.2 Å². The first-order chi connectivity index (χ1) is 9.81. The number of anilines is 1. The van der Waals surface area contributed by atoms with Crippen molar-refractivity contribution in [3.05, 3.63) is 42.6 Å². The zero-order chi connectivity index (χ0) is 13.8. The van der Waals surface area contributed by atoms with Gasteiger partial charge in [-0.15, -0.1) is 0 Å². The van der Waals surface area contributed by atoms with Crippen LogP contribution in [0, 0.1) is 5.95 Å². The van der Waals surface area contributed by atoms with Gasteiger partial charge in [-0.2, -0.15) is 4.39 Å². The van der Waals surface area contributed by atoms with E-state index in [1.54, 1.807) is 12.3 Å². The van der Waals surface area contributed by atoms with Crippen LogP contribution in [-0.4, -0.2) is 29.2 Å². The maximum atomic E-state index is 13.2. The van der Waals surface area contributed by atoms with Crippen molar-refractivity contribution in [1.82, 2.24) is 9.97 Å². The van der Waals surface area contributed by atoms with Crippen LogP contribution in [0.3, 0.4) is 0 Å². The molecule has 0 unspecified atom stereocenters. The van der Waals surface area contributed by atoms with Gasteiger partial charge >= 0.3 is 0 Å². The number of halogens is 1. The second-order valence-electron chi connectivity index (χ2n) is 4.83. The minimum Gasteiger partial charge on any atom is -0.381 e. The summed E-state index contributed by atoms with van der Waals surface area (Å²) < 4.78 is 18.5. The van der Waals surface area contributed by atoms with E-state index in [0.29, 0.717) is 6.04 Å². The lowest BCUT2D eigenvalue weighted by molar-refractivity contribution is 0.0904. The minimum atomic E-state index is -0.474. The largest absolute Gasteiger partial charge is 0.381 e. The fraction of sp³-hybridized carbons (Fsp3) is 0.333. The highest BCUT2D eigenvalue weighted by molar-refractivity contribution is 5.65. The van der Waals surface area contributed by atoms with Gasteiger partial charge in [-0.3, -0.25) is 0 Å². The molecule has 0 saturated carbocycles. The van der Waals surface area contributed by atoms with Gasteiger partial charge in [0.15, 0.2) is 0 Å². The molecule has 4 nitrogen and oxygen atoms in total. The topological polar surface area (TPSA) is 47.0 Å². The standard InChI is InChI=1S/C15H16FN3O/c16-14-9-11(1-5-17-14)12-2-6-18-15(10-12)19-13-3-7-20-8-4-13/h1-2,5-6,9-10,13H,3-4,7-8H2,(H,18,19). The monoisotopic (exact) mass is 273 g/mol. The molecule has 1 N–H and O–H groups in total. The molecular formula is C15H16FN3O. The Kier molecular flexibility index (Phi) is 3.87. The highest BCUT2D eigenvalue weighted by Crippen LogP contribution is 2.22. The number of nitrogens with zero attached hydrogens (tertiary/aromatic N) is 2. The van der Waals surface area contributed by atoms with Crippen LogP contribution in [0.1, 0.15) is 12.8 Å². The van der Waals surface area contributed by atoms with E-state index in [2.05, 4.69) is 15.3 Å². The molecule has 2 aromatic rings. The molecule has 0 aromatic carbocycles. The van der Waals surface area contributed by atoms with Crippen molar-refractivity contribution in [2.45, 2.75) is 18.9 Å². The van der Waals surface area contributed by atoms with Crippen LogP contribution in [0.25, 0.3) is 11.1 Å². The SMILES string of the molecule is Fc1cc(-c2ccnc(NC3CCOCC3)c2)ccn1. The van der Waals surface area contributed by atoms with Crippen molar-refractivity contribution in [2.24, 2.45) is 0 Å². The van der Waals surface area contributed by atoms with Gasteiger partial charge in [0, 0.05) is 37.7 Å². The Morgan fingerprint density at radius 2 is 1.75 bits per heavy atom. The van der Waals surface area contributed by atoms with Gasteiger partial charge in [-0.05, 0) is 42.2 Å². The molecule has 20 heavy (non-hydrogen) atoms. The molecule has 104 valence electrons. The molecule has 1 fully saturated rings. The molecule has 0 radical (unpaired) electrons. The number of hydrogen-bond acceptors (Lipinski definition) is 4. The lowest BCUT2D eigenvalue weighted by Gasteiger charge is -2.23. The molecule has 3 rings (SSSR count). The number of hydrogen-bond donors (Lipinski definition) is 1. The van der Waals surface area contributed by atoms with Crippen LogP contribution in [0.2, 0.25) is 0 Å². The van der Waals surface area contributed by atoms with Crippen molar-refractivity contribution >= 4 is 5.82 Å². The van der Waals surface area contributed by atoms with E-state index in [1.165, 1.54) is 12.3 Å². The molecule has 0 atom stereocenters. The van der Waals surface area contributed by atoms with Crippen LogP contribution in [-0.2, 0) is 4.74 Å². The normalized spacial score (nSPS) is 16.1. The van der Waals surface area contributed by atoms with Gasteiger partial charge in [-0.25, -0.2) is 9.97 Å². The van der Waals surface area contributed by atoms with Gasteiger partial charge in [0.25, 0.3) is 0 Å². The highest BCUT2D eigenvalue weighted by atomic mass is 19.1. The summed E-state index contributed by atoms with van der Waals surface area (Å²) in [7, 11) is 0. The first-order valence-corrected chi connectivity index (χ1v) is 6.73. The molecule has 0 aliphatic carbocycles. The maximum absolute atomic E-state index is 13.2. The summed E-state index contributed by atoms with van der Waals surface area (Å²) in [5, 5.41) is 3.41. The Morgan fingerprint density at radius 3 is 2.50 bits per heavy atom. The minimum absolute atomic E-state index is 0.390. The fourth-order valence-corrected chi connectivity index (χ4v) is 2.32. The van der Waals surface area contributed by atoms with Crippen molar-refractivity contribution in [3.8, 4) is 11.1 Å². The predicted molar refractivity (Wildman–Crippen MR) is 74.9 cm³/mol. The Hall–Kier alpha value is -2.01. The summed E-state index contributed by atoms with van der Waals surface area (Å²) in [5.41, 5.74) is 1.73. The summed E-state index contributed by atoms with van der Waals surface area (Å²) in [5.74, 6) is 0.338. The van der Waals surface area contributed by atoms with E-state index < -0.39 is 5.95 Å². The number of ether oxygens (including phenoxy) is 1. The molecule has 1 aliphatic rings. The lowest BCUT2D eigenvalue weighted by atomic mass is 10.1. The van der Waals surface area contributed by atoms with Gasteiger partial charge in [-0.1, -0.05) is 0 Å². The predicted octanol–water partition coefficient (Wildman–Crippen LogP) is 2.87. The fourth-order valence-electron chi connectivity index (χ4n) is 2.32. The van der Waals surface area contributed by atoms with Crippen molar-refractivity contribution in [3.63, 3.8) is 0 Å². The Balaban J connectivity index is 1.78. The third-order valence-corrected chi connectivity index (χ3v) is 3.39. The van der Waals surface area contributed by atoms with E-state index in [0.717, 1.165) is 43.0 Å². The van der Waals surface area contributed by atoms with Crippen molar-refractivity contribution < 1.29 is 9.13 Å². The third kappa shape index (κ3) is 3.11. The zero-order valence-corrected chi connectivity index (χ0v) is 11.1. The first kappa shape index (κ1) is 13.0. The number of aromatic nitrogens is 2. The Morgan fingerprint density at radius 1 is 1.05 bits per heavy atom. The molecule has 0 spiro atoms.